The fourth-order valence-electron chi connectivity index (χ4n) is 3.32. The SMILES string of the molecule is Cc1ccc2c(CN(C)CC3COc4ccccc4O3)cc(=O)oc2c1. The first-order valence-electron chi connectivity index (χ1n) is 8.69. The van der Waals surface area contributed by atoms with Crippen LogP contribution >= 0.6 is 0 Å². The number of aryl methyl sites for hydroxylation is 1. The lowest BCUT2D eigenvalue weighted by Gasteiger charge is -2.29. The highest BCUT2D eigenvalue weighted by Crippen LogP contribution is 2.31. The number of benzene rings is 2. The summed E-state index contributed by atoms with van der Waals surface area (Å²) in [6.07, 6.45) is -0.0523. The summed E-state index contributed by atoms with van der Waals surface area (Å²) < 4.78 is 17.1. The van der Waals surface area contributed by atoms with Crippen LogP contribution in [-0.4, -0.2) is 31.2 Å². The van der Waals surface area contributed by atoms with Crippen LogP contribution in [0.2, 0.25) is 0 Å². The predicted molar refractivity (Wildman–Crippen MR) is 99.9 cm³/mol. The maximum Gasteiger partial charge on any atom is 0.336 e. The van der Waals surface area contributed by atoms with Crippen molar-refractivity contribution in [1.29, 1.82) is 0 Å². The van der Waals surface area contributed by atoms with E-state index >= 15 is 0 Å². The van der Waals surface area contributed by atoms with Gasteiger partial charge in [-0.1, -0.05) is 24.3 Å². The number of rotatable bonds is 4. The quantitative estimate of drug-likeness (QED) is 0.675. The number of hydrogen-bond acceptors (Lipinski definition) is 5. The molecule has 1 atom stereocenters. The second-order valence-corrected chi connectivity index (χ2v) is 6.78. The van der Waals surface area contributed by atoms with Crippen molar-refractivity contribution >= 4 is 11.0 Å². The number of hydrogen-bond donors (Lipinski definition) is 0. The summed E-state index contributed by atoms with van der Waals surface area (Å²) >= 11 is 0. The Hall–Kier alpha value is -2.79. The van der Waals surface area contributed by atoms with Crippen LogP contribution in [0.15, 0.2) is 57.7 Å². The van der Waals surface area contributed by atoms with Gasteiger partial charge >= 0.3 is 5.63 Å². The summed E-state index contributed by atoms with van der Waals surface area (Å²) in [6.45, 7) is 3.82. The zero-order valence-electron chi connectivity index (χ0n) is 14.9. The fourth-order valence-corrected chi connectivity index (χ4v) is 3.32. The normalized spacial score (nSPS) is 16.2. The van der Waals surface area contributed by atoms with Crippen molar-refractivity contribution in [2.45, 2.75) is 19.6 Å². The summed E-state index contributed by atoms with van der Waals surface area (Å²) in [5.74, 6) is 1.56. The molecule has 1 aromatic heterocycles. The van der Waals surface area contributed by atoms with Crippen molar-refractivity contribution in [3.63, 3.8) is 0 Å². The molecule has 4 rings (SSSR count). The standard InChI is InChI=1S/C21H21NO4/c1-14-7-8-17-15(10-21(23)26-20(17)9-14)11-22(2)12-16-13-24-18-5-3-4-6-19(18)25-16/h3-10,16H,11-13H2,1-2H3. The third kappa shape index (κ3) is 3.44. The smallest absolute Gasteiger partial charge is 0.336 e. The minimum Gasteiger partial charge on any atom is -0.486 e. The average Bonchev–Trinajstić information content (AvgIpc) is 2.61. The highest BCUT2D eigenvalue weighted by Gasteiger charge is 2.22. The van der Waals surface area contributed by atoms with Crippen LogP contribution in [0.1, 0.15) is 11.1 Å². The first-order valence-corrected chi connectivity index (χ1v) is 8.69. The maximum absolute atomic E-state index is 11.9. The van der Waals surface area contributed by atoms with E-state index in [9.17, 15) is 4.79 Å². The fraction of sp³-hybridized carbons (Fsp3) is 0.286. The molecule has 0 saturated heterocycles. The van der Waals surface area contributed by atoms with Gasteiger partial charge in [0.25, 0.3) is 0 Å². The molecule has 0 N–H and O–H groups in total. The Bertz CT molecular complexity index is 995. The highest BCUT2D eigenvalue weighted by atomic mass is 16.6. The van der Waals surface area contributed by atoms with E-state index in [-0.39, 0.29) is 11.7 Å². The molecular weight excluding hydrogens is 330 g/mol. The molecule has 0 radical (unpaired) electrons. The van der Waals surface area contributed by atoms with Gasteiger partial charge < -0.3 is 13.9 Å². The lowest BCUT2D eigenvalue weighted by Crippen LogP contribution is -2.39. The van der Waals surface area contributed by atoms with Gasteiger partial charge in [0, 0.05) is 24.5 Å². The van der Waals surface area contributed by atoms with Gasteiger partial charge in [-0.3, -0.25) is 4.90 Å². The summed E-state index contributed by atoms with van der Waals surface area (Å²) in [4.78, 5) is 14.0. The van der Waals surface area contributed by atoms with Crippen LogP contribution in [0.5, 0.6) is 11.5 Å². The molecule has 0 spiro atoms. The van der Waals surface area contributed by atoms with Crippen molar-refractivity contribution < 1.29 is 13.9 Å². The van der Waals surface area contributed by atoms with E-state index < -0.39 is 0 Å². The minimum atomic E-state index is -0.322. The molecule has 0 amide bonds. The van der Waals surface area contributed by atoms with Crippen LogP contribution in [0.3, 0.4) is 0 Å². The van der Waals surface area contributed by atoms with Crippen LogP contribution in [0, 0.1) is 6.92 Å². The Kier molecular flexibility index (Phi) is 4.39. The van der Waals surface area contributed by atoms with Crippen molar-refractivity contribution in [2.75, 3.05) is 20.2 Å². The minimum absolute atomic E-state index is 0.0523. The van der Waals surface area contributed by atoms with Crippen molar-refractivity contribution in [3.8, 4) is 11.5 Å². The van der Waals surface area contributed by atoms with Crippen LogP contribution in [0.4, 0.5) is 0 Å². The molecule has 26 heavy (non-hydrogen) atoms. The van der Waals surface area contributed by atoms with Gasteiger partial charge in [-0.15, -0.1) is 0 Å². The van der Waals surface area contributed by atoms with E-state index in [4.69, 9.17) is 13.9 Å². The molecule has 0 bridgehead atoms. The van der Waals surface area contributed by atoms with E-state index in [1.807, 2.05) is 56.4 Å². The molecule has 3 aromatic rings. The van der Waals surface area contributed by atoms with Gasteiger partial charge in [0.1, 0.15) is 18.3 Å². The Balaban J connectivity index is 1.50. The summed E-state index contributed by atoms with van der Waals surface area (Å²) in [7, 11) is 2.01. The van der Waals surface area contributed by atoms with Gasteiger partial charge in [0.2, 0.25) is 0 Å². The monoisotopic (exact) mass is 351 g/mol. The van der Waals surface area contributed by atoms with Crippen molar-refractivity contribution in [3.05, 3.63) is 70.1 Å². The van der Waals surface area contributed by atoms with Gasteiger partial charge in [0.15, 0.2) is 11.5 Å². The number of ether oxygens (including phenoxy) is 2. The Morgan fingerprint density at radius 3 is 2.77 bits per heavy atom. The van der Waals surface area contributed by atoms with E-state index in [0.29, 0.717) is 25.3 Å². The van der Waals surface area contributed by atoms with E-state index in [1.165, 1.54) is 0 Å². The zero-order chi connectivity index (χ0) is 18.1. The molecule has 134 valence electrons. The van der Waals surface area contributed by atoms with E-state index in [2.05, 4.69) is 4.90 Å². The lowest BCUT2D eigenvalue weighted by molar-refractivity contribution is 0.0639. The molecule has 5 nitrogen and oxygen atoms in total. The van der Waals surface area contributed by atoms with E-state index in [0.717, 1.165) is 28.0 Å². The van der Waals surface area contributed by atoms with Crippen molar-refractivity contribution in [2.24, 2.45) is 0 Å². The zero-order valence-corrected chi connectivity index (χ0v) is 14.9. The molecule has 0 saturated carbocycles. The molecular formula is C21H21NO4. The topological polar surface area (TPSA) is 51.9 Å². The summed E-state index contributed by atoms with van der Waals surface area (Å²) in [5, 5.41) is 0.966. The average molecular weight is 351 g/mol. The van der Waals surface area contributed by atoms with Gasteiger partial charge in [-0.2, -0.15) is 0 Å². The summed E-state index contributed by atoms with van der Waals surface area (Å²) in [5.41, 5.74) is 2.33. The van der Waals surface area contributed by atoms with Gasteiger partial charge in [0.05, 0.1) is 0 Å². The molecule has 1 aliphatic rings. The first-order chi connectivity index (χ1) is 12.6. The van der Waals surface area contributed by atoms with Crippen LogP contribution < -0.4 is 15.1 Å². The van der Waals surface area contributed by atoms with Gasteiger partial charge in [-0.05, 0) is 43.3 Å². The largest absolute Gasteiger partial charge is 0.486 e. The molecule has 0 aliphatic carbocycles. The summed E-state index contributed by atoms with van der Waals surface area (Å²) in [6, 6.07) is 15.2. The molecule has 2 aromatic carbocycles. The predicted octanol–water partition coefficient (Wildman–Crippen LogP) is 3.37. The second-order valence-electron chi connectivity index (χ2n) is 6.78. The number of likely N-dealkylation sites (N-methyl/N-ethyl adjacent to an activating group) is 1. The maximum atomic E-state index is 11.9. The van der Waals surface area contributed by atoms with Gasteiger partial charge in [-0.25, -0.2) is 4.79 Å². The number of fused-ring (bicyclic) bond motifs is 2. The Morgan fingerprint density at radius 2 is 1.92 bits per heavy atom. The first kappa shape index (κ1) is 16.7. The Labute approximate surface area is 151 Å². The van der Waals surface area contributed by atoms with Crippen LogP contribution in [-0.2, 0) is 6.54 Å². The molecule has 2 heterocycles. The second kappa shape index (κ2) is 6.84. The highest BCUT2D eigenvalue weighted by molar-refractivity contribution is 5.80. The molecule has 5 heteroatoms. The number of para-hydroxylation sites is 2. The number of nitrogens with zero attached hydrogens (tertiary/aromatic N) is 1. The molecule has 1 unspecified atom stereocenters. The molecule has 1 aliphatic heterocycles. The van der Waals surface area contributed by atoms with Crippen LogP contribution in [0.25, 0.3) is 11.0 Å². The Morgan fingerprint density at radius 1 is 1.12 bits per heavy atom. The third-order valence-electron chi connectivity index (χ3n) is 4.51. The lowest BCUT2D eigenvalue weighted by atomic mass is 10.1. The molecule has 0 fully saturated rings. The van der Waals surface area contributed by atoms with Crippen molar-refractivity contribution in [1.82, 2.24) is 4.90 Å². The third-order valence-corrected chi connectivity index (χ3v) is 4.51. The van der Waals surface area contributed by atoms with E-state index in [1.54, 1.807) is 6.07 Å².